The van der Waals surface area contributed by atoms with E-state index in [0.717, 1.165) is 6.42 Å². The molecule has 0 heterocycles. The third kappa shape index (κ3) is 3.16. The van der Waals surface area contributed by atoms with E-state index in [1.807, 2.05) is 23.9 Å². The summed E-state index contributed by atoms with van der Waals surface area (Å²) in [5.74, 6) is 0.388. The molecule has 0 spiro atoms. The molecule has 0 radical (unpaired) electrons. The summed E-state index contributed by atoms with van der Waals surface area (Å²) in [6, 6.07) is 10.6. The van der Waals surface area contributed by atoms with Gasteiger partial charge in [-0.25, -0.2) is 0 Å². The van der Waals surface area contributed by atoms with Crippen molar-refractivity contribution in [3.63, 3.8) is 0 Å². The fourth-order valence-electron chi connectivity index (χ4n) is 1.96. The van der Waals surface area contributed by atoms with Crippen molar-refractivity contribution in [2.45, 2.75) is 30.3 Å². The van der Waals surface area contributed by atoms with Crippen LogP contribution in [0.5, 0.6) is 0 Å². The summed E-state index contributed by atoms with van der Waals surface area (Å²) >= 11 is 1.94. The predicted molar refractivity (Wildman–Crippen MR) is 75.3 cm³/mol. The van der Waals surface area contributed by atoms with Crippen LogP contribution >= 0.6 is 11.8 Å². The van der Waals surface area contributed by atoms with E-state index in [0.29, 0.717) is 11.0 Å². The Balaban J connectivity index is 2.06. The molecule has 2 rings (SSSR count). The Bertz CT molecular complexity index is 431. The van der Waals surface area contributed by atoms with Gasteiger partial charge in [0.2, 0.25) is 0 Å². The lowest BCUT2D eigenvalue weighted by Crippen LogP contribution is -2.17. The molecule has 1 aliphatic carbocycles. The van der Waals surface area contributed by atoms with E-state index < -0.39 is 0 Å². The van der Waals surface area contributed by atoms with Crippen molar-refractivity contribution < 1.29 is 5.11 Å². The maximum absolute atomic E-state index is 9.31. The van der Waals surface area contributed by atoms with E-state index in [9.17, 15) is 5.11 Å². The highest BCUT2D eigenvalue weighted by Gasteiger charge is 2.25. The predicted octanol–water partition coefficient (Wildman–Crippen LogP) is 4.43. The normalized spacial score (nSPS) is 20.1. The molecule has 0 aromatic heterocycles. The van der Waals surface area contributed by atoms with E-state index in [1.165, 1.54) is 5.56 Å². The highest BCUT2D eigenvalue weighted by atomic mass is 32.2. The summed E-state index contributed by atoms with van der Waals surface area (Å²) in [6.07, 6.45) is 6.68. The van der Waals surface area contributed by atoms with Crippen LogP contribution in [0, 0.1) is 0 Å². The highest BCUT2D eigenvalue weighted by molar-refractivity contribution is 8.00. The Labute approximate surface area is 107 Å². The van der Waals surface area contributed by atoms with Crippen LogP contribution in [0.2, 0.25) is 0 Å². The van der Waals surface area contributed by atoms with E-state index in [4.69, 9.17) is 0 Å². The zero-order chi connectivity index (χ0) is 12.3. The average molecular weight is 246 g/mol. The van der Waals surface area contributed by atoms with Gasteiger partial charge in [-0.2, -0.15) is 0 Å². The summed E-state index contributed by atoms with van der Waals surface area (Å²) in [4.78, 5) is 0. The van der Waals surface area contributed by atoms with Gasteiger partial charge in [-0.1, -0.05) is 36.4 Å². The standard InChI is InChI=1S/C15H18OS/c1-15(2,12-6-4-3-5-7-12)17-14-10-8-13(16)9-11-14/h3-10,14,16H,11H2,1-2H3. The summed E-state index contributed by atoms with van der Waals surface area (Å²) in [5.41, 5.74) is 1.34. The molecule has 0 aliphatic heterocycles. The molecule has 90 valence electrons. The van der Waals surface area contributed by atoms with Crippen LogP contribution in [0.1, 0.15) is 25.8 Å². The number of hydrogen-bond donors (Lipinski definition) is 1. The molecule has 1 unspecified atom stereocenters. The zero-order valence-corrected chi connectivity index (χ0v) is 11.1. The van der Waals surface area contributed by atoms with Crippen molar-refractivity contribution in [2.24, 2.45) is 0 Å². The van der Waals surface area contributed by atoms with Gasteiger partial charge in [-0.3, -0.25) is 0 Å². The summed E-state index contributed by atoms with van der Waals surface area (Å²) in [5, 5.41) is 9.75. The van der Waals surface area contributed by atoms with Gasteiger partial charge in [-0.15, -0.1) is 11.8 Å². The Morgan fingerprint density at radius 3 is 2.53 bits per heavy atom. The molecule has 0 amide bonds. The molecule has 17 heavy (non-hydrogen) atoms. The minimum absolute atomic E-state index is 0.0943. The molecule has 1 nitrogen and oxygen atoms in total. The molecule has 1 aromatic carbocycles. The van der Waals surface area contributed by atoms with Crippen LogP contribution in [0.3, 0.4) is 0 Å². The number of aliphatic hydroxyl groups is 1. The number of hydrogen-bond acceptors (Lipinski definition) is 2. The molecular formula is C15H18OS. The minimum atomic E-state index is 0.0943. The molecule has 0 bridgehead atoms. The van der Waals surface area contributed by atoms with Crippen LogP contribution in [0.4, 0.5) is 0 Å². The smallest absolute Gasteiger partial charge is 0.111 e. The molecule has 0 saturated carbocycles. The van der Waals surface area contributed by atoms with Gasteiger partial charge in [-0.05, 0) is 38.0 Å². The van der Waals surface area contributed by atoms with Crippen molar-refractivity contribution in [2.75, 3.05) is 0 Å². The van der Waals surface area contributed by atoms with Crippen LogP contribution in [-0.4, -0.2) is 10.4 Å². The first-order chi connectivity index (χ1) is 8.08. The van der Waals surface area contributed by atoms with Crippen molar-refractivity contribution >= 4 is 11.8 Å². The summed E-state index contributed by atoms with van der Waals surface area (Å²) in [6.45, 7) is 4.50. The number of rotatable bonds is 3. The Kier molecular flexibility index (Phi) is 3.63. The molecule has 0 saturated heterocycles. The first-order valence-corrected chi connectivity index (χ1v) is 6.76. The SMILES string of the molecule is CC(C)(SC1C=CC(O)=CC1)c1ccccc1. The third-order valence-electron chi connectivity index (χ3n) is 2.96. The van der Waals surface area contributed by atoms with Crippen molar-refractivity contribution in [3.05, 3.63) is 59.9 Å². The lowest BCUT2D eigenvalue weighted by Gasteiger charge is -2.29. The number of thioether (sulfide) groups is 1. The van der Waals surface area contributed by atoms with Gasteiger partial charge in [0.25, 0.3) is 0 Å². The fourth-order valence-corrected chi connectivity index (χ4v) is 3.34. The maximum atomic E-state index is 9.31. The van der Waals surface area contributed by atoms with Gasteiger partial charge >= 0.3 is 0 Å². The van der Waals surface area contributed by atoms with E-state index in [1.54, 1.807) is 6.08 Å². The quantitative estimate of drug-likeness (QED) is 0.851. The second-order valence-electron chi connectivity index (χ2n) is 4.76. The van der Waals surface area contributed by atoms with Crippen LogP contribution < -0.4 is 0 Å². The number of aliphatic hydroxyl groups excluding tert-OH is 1. The molecule has 1 atom stereocenters. The first-order valence-electron chi connectivity index (χ1n) is 5.88. The second-order valence-corrected chi connectivity index (χ2v) is 6.62. The molecule has 0 fully saturated rings. The number of allylic oxidation sites excluding steroid dienone is 2. The van der Waals surface area contributed by atoms with E-state index in [2.05, 4.69) is 44.2 Å². The highest BCUT2D eigenvalue weighted by Crippen LogP contribution is 2.40. The van der Waals surface area contributed by atoms with Crippen LogP contribution in [0.15, 0.2) is 54.3 Å². The maximum Gasteiger partial charge on any atom is 0.111 e. The monoisotopic (exact) mass is 246 g/mol. The van der Waals surface area contributed by atoms with E-state index >= 15 is 0 Å². The Morgan fingerprint density at radius 1 is 1.24 bits per heavy atom. The lowest BCUT2D eigenvalue weighted by atomic mass is 10.0. The molecular weight excluding hydrogens is 228 g/mol. The number of benzene rings is 1. The topological polar surface area (TPSA) is 20.2 Å². The molecule has 2 heteroatoms. The summed E-state index contributed by atoms with van der Waals surface area (Å²) in [7, 11) is 0. The minimum Gasteiger partial charge on any atom is -0.508 e. The molecule has 1 aromatic rings. The van der Waals surface area contributed by atoms with Crippen molar-refractivity contribution in [3.8, 4) is 0 Å². The largest absolute Gasteiger partial charge is 0.508 e. The van der Waals surface area contributed by atoms with Crippen LogP contribution in [-0.2, 0) is 4.75 Å². The Morgan fingerprint density at radius 2 is 1.94 bits per heavy atom. The van der Waals surface area contributed by atoms with Gasteiger partial charge in [0, 0.05) is 10.00 Å². The summed E-state index contributed by atoms with van der Waals surface area (Å²) < 4.78 is 0.0943. The molecule has 1 aliphatic rings. The zero-order valence-electron chi connectivity index (χ0n) is 10.3. The lowest BCUT2D eigenvalue weighted by molar-refractivity contribution is 0.427. The Hall–Kier alpha value is -1.15. The van der Waals surface area contributed by atoms with Crippen LogP contribution in [0.25, 0.3) is 0 Å². The van der Waals surface area contributed by atoms with Crippen molar-refractivity contribution in [1.82, 2.24) is 0 Å². The fraction of sp³-hybridized carbons (Fsp3) is 0.333. The van der Waals surface area contributed by atoms with Gasteiger partial charge in [0.15, 0.2) is 0 Å². The third-order valence-corrected chi connectivity index (χ3v) is 4.43. The van der Waals surface area contributed by atoms with Gasteiger partial charge in [0.05, 0.1) is 0 Å². The van der Waals surface area contributed by atoms with E-state index in [-0.39, 0.29) is 4.75 Å². The van der Waals surface area contributed by atoms with Crippen molar-refractivity contribution in [1.29, 1.82) is 0 Å². The molecule has 1 N–H and O–H groups in total. The second kappa shape index (κ2) is 5.01. The first kappa shape index (κ1) is 12.3. The van der Waals surface area contributed by atoms with Gasteiger partial charge in [0.1, 0.15) is 5.76 Å². The average Bonchev–Trinajstić information content (AvgIpc) is 2.33. The van der Waals surface area contributed by atoms with Gasteiger partial charge < -0.3 is 5.11 Å².